The van der Waals surface area contributed by atoms with Crippen molar-refractivity contribution < 1.29 is 0 Å². The summed E-state index contributed by atoms with van der Waals surface area (Å²) >= 11 is 0. The summed E-state index contributed by atoms with van der Waals surface area (Å²) in [4.78, 5) is 0. The fraction of sp³-hybridized carbons (Fsp3) is 0. The number of hydrogen-bond donors (Lipinski definition) is 2. The summed E-state index contributed by atoms with van der Waals surface area (Å²) in [7, 11) is 0. The minimum Gasteiger partial charge on any atom is -0.397 e. The van der Waals surface area contributed by atoms with Crippen molar-refractivity contribution >= 4 is 44.3 Å². The maximum atomic E-state index is 6.12. The van der Waals surface area contributed by atoms with Gasteiger partial charge in [-0.1, -0.05) is 60.7 Å². The summed E-state index contributed by atoms with van der Waals surface area (Å²) in [6.07, 6.45) is 0. The molecule has 0 radical (unpaired) electrons. The monoisotopic (exact) mass is 312 g/mol. The summed E-state index contributed by atoms with van der Waals surface area (Å²) in [6.45, 7) is 0. The summed E-state index contributed by atoms with van der Waals surface area (Å²) in [6, 6.07) is 23.6. The first-order valence-corrected chi connectivity index (χ1v) is 7.70. The second-order valence-electron chi connectivity index (χ2n) is 5.65. The number of fused-ring (bicyclic) bond motifs is 2. The average molecular weight is 312 g/mol. The first kappa shape index (κ1) is 14.2. The number of nitrogens with two attached hydrogens (primary N) is 2. The van der Waals surface area contributed by atoms with Gasteiger partial charge in [-0.3, -0.25) is 0 Å². The zero-order valence-electron chi connectivity index (χ0n) is 13.0. The van der Waals surface area contributed by atoms with Crippen molar-refractivity contribution in [1.82, 2.24) is 0 Å². The van der Waals surface area contributed by atoms with Crippen LogP contribution in [-0.2, 0) is 0 Å². The van der Waals surface area contributed by atoms with Crippen LogP contribution in [0, 0.1) is 0 Å². The van der Waals surface area contributed by atoms with E-state index in [9.17, 15) is 0 Å². The van der Waals surface area contributed by atoms with Crippen LogP contribution in [0.4, 0.5) is 22.7 Å². The first-order chi connectivity index (χ1) is 11.7. The zero-order chi connectivity index (χ0) is 16.5. The quantitative estimate of drug-likeness (QED) is 0.375. The molecule has 0 bridgehead atoms. The van der Waals surface area contributed by atoms with Crippen molar-refractivity contribution in [2.45, 2.75) is 0 Å². The Morgan fingerprint density at radius 2 is 0.917 bits per heavy atom. The van der Waals surface area contributed by atoms with Crippen LogP contribution in [-0.4, -0.2) is 0 Å². The van der Waals surface area contributed by atoms with Crippen molar-refractivity contribution in [3.05, 3.63) is 72.8 Å². The molecule has 0 atom stereocenters. The lowest BCUT2D eigenvalue weighted by molar-refractivity contribution is 1.26. The van der Waals surface area contributed by atoms with E-state index in [0.717, 1.165) is 21.5 Å². The highest BCUT2D eigenvalue weighted by Gasteiger charge is 2.07. The lowest BCUT2D eigenvalue weighted by Gasteiger charge is -2.07. The maximum absolute atomic E-state index is 6.12. The third-order valence-corrected chi connectivity index (χ3v) is 4.11. The van der Waals surface area contributed by atoms with E-state index >= 15 is 0 Å². The molecule has 0 fully saturated rings. The first-order valence-electron chi connectivity index (χ1n) is 7.70. The van der Waals surface area contributed by atoms with Crippen LogP contribution < -0.4 is 11.5 Å². The van der Waals surface area contributed by atoms with Gasteiger partial charge in [0.05, 0.1) is 11.4 Å². The molecule has 0 aromatic heterocycles. The van der Waals surface area contributed by atoms with Gasteiger partial charge in [-0.2, -0.15) is 0 Å². The van der Waals surface area contributed by atoms with E-state index in [1.807, 2.05) is 72.8 Å². The number of rotatable bonds is 2. The summed E-state index contributed by atoms with van der Waals surface area (Å²) in [5.74, 6) is 0. The summed E-state index contributed by atoms with van der Waals surface area (Å²) in [5, 5.41) is 13.0. The minimum atomic E-state index is 0.594. The predicted molar refractivity (Wildman–Crippen MR) is 101 cm³/mol. The molecular weight excluding hydrogens is 296 g/mol. The number of benzene rings is 4. The second-order valence-corrected chi connectivity index (χ2v) is 5.65. The standard InChI is InChI=1S/C20H16N4/c21-17-11-9-13-5-1-3-7-15(13)19(17)23-24-20-16-8-4-2-6-14(16)10-12-18(20)22/h1-12H,21-22H2. The molecule has 4 nitrogen and oxygen atoms in total. The zero-order valence-corrected chi connectivity index (χ0v) is 13.0. The van der Waals surface area contributed by atoms with Crippen LogP contribution in [0.15, 0.2) is 83.0 Å². The van der Waals surface area contributed by atoms with Gasteiger partial charge in [0.15, 0.2) is 0 Å². The van der Waals surface area contributed by atoms with E-state index < -0.39 is 0 Å². The Morgan fingerprint density at radius 1 is 0.500 bits per heavy atom. The maximum Gasteiger partial charge on any atom is 0.116 e. The highest BCUT2D eigenvalue weighted by molar-refractivity contribution is 5.99. The highest BCUT2D eigenvalue weighted by Crippen LogP contribution is 2.37. The van der Waals surface area contributed by atoms with Gasteiger partial charge >= 0.3 is 0 Å². The van der Waals surface area contributed by atoms with Crippen molar-refractivity contribution in [2.75, 3.05) is 11.5 Å². The smallest absolute Gasteiger partial charge is 0.116 e. The molecule has 0 heterocycles. The average Bonchev–Trinajstić information content (AvgIpc) is 2.62. The van der Waals surface area contributed by atoms with E-state index in [1.54, 1.807) is 0 Å². The fourth-order valence-electron chi connectivity index (χ4n) is 2.87. The molecule has 24 heavy (non-hydrogen) atoms. The highest BCUT2D eigenvalue weighted by atomic mass is 15.1. The molecule has 0 saturated heterocycles. The Bertz CT molecular complexity index is 996. The van der Waals surface area contributed by atoms with Crippen LogP contribution >= 0.6 is 0 Å². The Kier molecular flexibility index (Phi) is 3.35. The molecule has 0 aliphatic heterocycles. The van der Waals surface area contributed by atoms with Crippen LogP contribution in [0.1, 0.15) is 0 Å². The molecule has 0 unspecified atom stereocenters. The lowest BCUT2D eigenvalue weighted by Crippen LogP contribution is -1.87. The molecule has 0 aliphatic carbocycles. The number of hydrogen-bond acceptors (Lipinski definition) is 4. The molecule has 0 saturated carbocycles. The van der Waals surface area contributed by atoms with E-state index in [2.05, 4.69) is 10.2 Å². The second kappa shape index (κ2) is 5.66. The Labute approximate surface area is 139 Å². The largest absolute Gasteiger partial charge is 0.397 e. The van der Waals surface area contributed by atoms with Gasteiger partial charge in [-0.25, -0.2) is 0 Å². The number of nitrogens with zero attached hydrogens (tertiary/aromatic N) is 2. The van der Waals surface area contributed by atoms with E-state index in [4.69, 9.17) is 11.5 Å². The Morgan fingerprint density at radius 3 is 1.38 bits per heavy atom. The number of nitrogen functional groups attached to an aromatic ring is 2. The third-order valence-electron chi connectivity index (χ3n) is 4.11. The van der Waals surface area contributed by atoms with Gasteiger partial charge in [0.2, 0.25) is 0 Å². The lowest BCUT2D eigenvalue weighted by atomic mass is 10.1. The number of anilines is 2. The molecule has 4 rings (SSSR count). The minimum absolute atomic E-state index is 0.594. The van der Waals surface area contributed by atoms with Gasteiger partial charge in [0.25, 0.3) is 0 Å². The molecule has 0 aliphatic rings. The third kappa shape index (κ3) is 2.34. The molecule has 4 N–H and O–H groups in total. The van der Waals surface area contributed by atoms with Gasteiger partial charge in [-0.15, -0.1) is 10.2 Å². The van der Waals surface area contributed by atoms with Gasteiger partial charge < -0.3 is 11.5 Å². The molecule has 4 aromatic rings. The molecule has 116 valence electrons. The Hall–Kier alpha value is -3.40. The van der Waals surface area contributed by atoms with Gasteiger partial charge in [0.1, 0.15) is 11.4 Å². The Balaban J connectivity index is 1.91. The van der Waals surface area contributed by atoms with E-state index in [1.165, 1.54) is 0 Å². The SMILES string of the molecule is Nc1ccc2ccccc2c1N=Nc1c(N)ccc2ccccc12. The molecule has 4 aromatic carbocycles. The summed E-state index contributed by atoms with van der Waals surface area (Å²) in [5.41, 5.74) is 14.8. The van der Waals surface area contributed by atoms with Crippen LogP contribution in [0.25, 0.3) is 21.5 Å². The van der Waals surface area contributed by atoms with Gasteiger partial charge in [-0.05, 0) is 22.9 Å². The van der Waals surface area contributed by atoms with E-state index in [0.29, 0.717) is 22.7 Å². The van der Waals surface area contributed by atoms with Crippen LogP contribution in [0.5, 0.6) is 0 Å². The summed E-state index contributed by atoms with van der Waals surface area (Å²) < 4.78 is 0. The van der Waals surface area contributed by atoms with Crippen LogP contribution in [0.2, 0.25) is 0 Å². The van der Waals surface area contributed by atoms with Crippen molar-refractivity contribution in [3.63, 3.8) is 0 Å². The topological polar surface area (TPSA) is 76.8 Å². The fourth-order valence-corrected chi connectivity index (χ4v) is 2.87. The van der Waals surface area contributed by atoms with Crippen molar-refractivity contribution in [3.8, 4) is 0 Å². The molecule has 4 heteroatoms. The number of azo groups is 1. The molecule has 0 spiro atoms. The van der Waals surface area contributed by atoms with Crippen LogP contribution in [0.3, 0.4) is 0 Å². The molecular formula is C20H16N4. The predicted octanol–water partition coefficient (Wildman–Crippen LogP) is 5.57. The van der Waals surface area contributed by atoms with Crippen molar-refractivity contribution in [2.24, 2.45) is 10.2 Å². The van der Waals surface area contributed by atoms with E-state index in [-0.39, 0.29) is 0 Å². The van der Waals surface area contributed by atoms with Crippen molar-refractivity contribution in [1.29, 1.82) is 0 Å². The normalized spacial score (nSPS) is 11.5. The van der Waals surface area contributed by atoms with Gasteiger partial charge in [0, 0.05) is 10.8 Å². The molecule has 0 amide bonds.